The number of para-hydroxylation sites is 1. The number of carbonyl (C=O) groups excluding carboxylic acids is 1. The van der Waals surface area contributed by atoms with Crippen LogP contribution in [0.2, 0.25) is 0 Å². The fraction of sp³-hybridized carbons (Fsp3) is 0.458. The molecule has 2 aromatic carbocycles. The van der Waals surface area contributed by atoms with Gasteiger partial charge in [-0.25, -0.2) is 0 Å². The van der Waals surface area contributed by atoms with Crippen molar-refractivity contribution in [2.24, 2.45) is 0 Å². The second kappa shape index (κ2) is 10.4. The molecule has 0 aliphatic carbocycles. The van der Waals surface area contributed by atoms with Crippen molar-refractivity contribution in [3.8, 4) is 0 Å². The van der Waals surface area contributed by atoms with Gasteiger partial charge >= 0.3 is 0 Å². The number of aryl methyl sites for hydroxylation is 2. The molecule has 2 aromatic rings. The molecule has 1 atom stereocenters. The van der Waals surface area contributed by atoms with Gasteiger partial charge in [-0.3, -0.25) is 9.69 Å². The Balaban J connectivity index is 1.70. The predicted octanol–water partition coefficient (Wildman–Crippen LogP) is 4.43. The molecular formula is C24H32N2O2. The normalized spacial score (nSPS) is 16.5. The van der Waals surface area contributed by atoms with Crippen molar-refractivity contribution >= 4 is 11.6 Å². The number of benzene rings is 2. The molecule has 1 saturated heterocycles. The lowest BCUT2D eigenvalue weighted by Crippen LogP contribution is -2.38. The Labute approximate surface area is 168 Å². The molecule has 0 radical (unpaired) electrons. The van der Waals surface area contributed by atoms with E-state index in [1.807, 2.05) is 18.2 Å². The first-order valence-electron chi connectivity index (χ1n) is 10.5. The minimum Gasteiger partial charge on any atom is -0.377 e. The van der Waals surface area contributed by atoms with Gasteiger partial charge in [0.1, 0.15) is 0 Å². The highest BCUT2D eigenvalue weighted by Crippen LogP contribution is 2.23. The zero-order valence-corrected chi connectivity index (χ0v) is 17.1. The summed E-state index contributed by atoms with van der Waals surface area (Å²) in [4.78, 5) is 15.1. The third kappa shape index (κ3) is 5.66. The predicted molar refractivity (Wildman–Crippen MR) is 115 cm³/mol. The molecule has 1 aliphatic heterocycles. The topological polar surface area (TPSA) is 41.6 Å². The number of hydrogen-bond acceptors (Lipinski definition) is 3. The Morgan fingerprint density at radius 1 is 1.07 bits per heavy atom. The molecule has 1 aliphatic rings. The lowest BCUT2D eigenvalue weighted by molar-refractivity contribution is -0.117. The summed E-state index contributed by atoms with van der Waals surface area (Å²) in [6.45, 7) is 7.01. The van der Waals surface area contributed by atoms with Gasteiger partial charge in [-0.1, -0.05) is 62.4 Å². The monoisotopic (exact) mass is 380 g/mol. The smallest absolute Gasteiger partial charge is 0.238 e. The second-order valence-corrected chi connectivity index (χ2v) is 7.50. The molecule has 0 bridgehead atoms. The summed E-state index contributed by atoms with van der Waals surface area (Å²) in [6, 6.07) is 16.6. The number of amides is 1. The summed E-state index contributed by atoms with van der Waals surface area (Å²) in [6.07, 6.45) is 4.23. The van der Waals surface area contributed by atoms with Crippen LogP contribution in [0.25, 0.3) is 0 Å². The molecule has 1 amide bonds. The zero-order valence-electron chi connectivity index (χ0n) is 17.1. The molecule has 1 N–H and O–H groups in total. The van der Waals surface area contributed by atoms with Crippen LogP contribution < -0.4 is 5.32 Å². The molecular weight excluding hydrogens is 348 g/mol. The number of nitrogens with one attached hydrogen (secondary N) is 1. The van der Waals surface area contributed by atoms with E-state index in [2.05, 4.69) is 54.4 Å². The first-order valence-corrected chi connectivity index (χ1v) is 10.5. The van der Waals surface area contributed by atoms with Gasteiger partial charge in [-0.15, -0.1) is 0 Å². The summed E-state index contributed by atoms with van der Waals surface area (Å²) in [5.41, 5.74) is 4.61. The molecule has 0 spiro atoms. The maximum absolute atomic E-state index is 12.9. The summed E-state index contributed by atoms with van der Waals surface area (Å²) < 4.78 is 5.82. The number of anilines is 1. The molecule has 3 rings (SSSR count). The highest BCUT2D eigenvalue weighted by molar-refractivity contribution is 5.93. The molecule has 0 aromatic heterocycles. The van der Waals surface area contributed by atoms with E-state index in [1.165, 1.54) is 16.7 Å². The van der Waals surface area contributed by atoms with Crippen molar-refractivity contribution in [3.05, 3.63) is 65.2 Å². The van der Waals surface area contributed by atoms with Gasteiger partial charge in [-0.05, 0) is 42.4 Å². The molecule has 4 heteroatoms. The van der Waals surface area contributed by atoms with Gasteiger partial charge in [0.2, 0.25) is 5.91 Å². The number of hydrogen-bond donors (Lipinski definition) is 1. The molecule has 28 heavy (non-hydrogen) atoms. The molecule has 0 saturated carbocycles. The van der Waals surface area contributed by atoms with Crippen molar-refractivity contribution < 1.29 is 9.53 Å². The van der Waals surface area contributed by atoms with Gasteiger partial charge < -0.3 is 10.1 Å². The SMILES string of the molecule is CCc1cccc(CC)c1NC(=O)CN(Cc1ccccc1)CC1CCCO1. The Morgan fingerprint density at radius 2 is 1.79 bits per heavy atom. The summed E-state index contributed by atoms with van der Waals surface area (Å²) >= 11 is 0. The van der Waals surface area contributed by atoms with Gasteiger partial charge in [0.25, 0.3) is 0 Å². The largest absolute Gasteiger partial charge is 0.377 e. The average molecular weight is 381 g/mol. The Bertz CT molecular complexity index is 732. The standard InChI is InChI=1S/C24H32N2O2/c1-3-20-12-8-13-21(4-2)24(20)25-23(27)18-26(17-22-14-9-15-28-22)16-19-10-6-5-7-11-19/h5-8,10-13,22H,3-4,9,14-18H2,1-2H3,(H,25,27). The third-order valence-corrected chi connectivity index (χ3v) is 5.37. The first kappa shape index (κ1) is 20.6. The Hall–Kier alpha value is -2.17. The number of carbonyl (C=O) groups is 1. The maximum atomic E-state index is 12.9. The van der Waals surface area contributed by atoms with Crippen LogP contribution in [0, 0.1) is 0 Å². The van der Waals surface area contributed by atoms with E-state index in [-0.39, 0.29) is 12.0 Å². The van der Waals surface area contributed by atoms with Crippen LogP contribution in [0.15, 0.2) is 48.5 Å². The van der Waals surface area contributed by atoms with Crippen molar-refractivity contribution in [1.29, 1.82) is 0 Å². The van der Waals surface area contributed by atoms with Crippen LogP contribution in [0.1, 0.15) is 43.4 Å². The fourth-order valence-electron chi connectivity index (χ4n) is 3.89. The van der Waals surface area contributed by atoms with E-state index in [4.69, 9.17) is 4.74 Å². The number of nitrogens with zero attached hydrogens (tertiary/aromatic N) is 1. The van der Waals surface area contributed by atoms with Crippen LogP contribution in [0.3, 0.4) is 0 Å². The molecule has 4 nitrogen and oxygen atoms in total. The van der Waals surface area contributed by atoms with E-state index in [1.54, 1.807) is 0 Å². The van der Waals surface area contributed by atoms with E-state index in [0.29, 0.717) is 6.54 Å². The van der Waals surface area contributed by atoms with E-state index in [9.17, 15) is 4.79 Å². The van der Waals surface area contributed by atoms with Crippen LogP contribution in [-0.2, 0) is 28.9 Å². The quantitative estimate of drug-likeness (QED) is 0.700. The summed E-state index contributed by atoms with van der Waals surface area (Å²) in [5, 5.41) is 3.20. The lowest BCUT2D eigenvalue weighted by Gasteiger charge is -2.25. The van der Waals surface area contributed by atoms with Crippen molar-refractivity contribution in [3.63, 3.8) is 0 Å². The van der Waals surface area contributed by atoms with Crippen LogP contribution >= 0.6 is 0 Å². The van der Waals surface area contributed by atoms with Gasteiger partial charge in [-0.2, -0.15) is 0 Å². The van der Waals surface area contributed by atoms with Crippen LogP contribution in [-0.4, -0.2) is 36.6 Å². The zero-order chi connectivity index (χ0) is 19.8. The van der Waals surface area contributed by atoms with Gasteiger partial charge in [0.05, 0.1) is 12.6 Å². The Morgan fingerprint density at radius 3 is 2.39 bits per heavy atom. The summed E-state index contributed by atoms with van der Waals surface area (Å²) in [5.74, 6) is 0.0459. The highest BCUT2D eigenvalue weighted by Gasteiger charge is 2.21. The lowest BCUT2D eigenvalue weighted by atomic mass is 10.0. The highest BCUT2D eigenvalue weighted by atomic mass is 16.5. The first-order chi connectivity index (χ1) is 13.7. The fourth-order valence-corrected chi connectivity index (χ4v) is 3.89. The van der Waals surface area contributed by atoms with E-state index < -0.39 is 0 Å². The minimum atomic E-state index is 0.0459. The van der Waals surface area contributed by atoms with Crippen molar-refractivity contribution in [2.75, 3.05) is 25.0 Å². The van der Waals surface area contributed by atoms with Crippen LogP contribution in [0.5, 0.6) is 0 Å². The van der Waals surface area contributed by atoms with Crippen molar-refractivity contribution in [1.82, 2.24) is 4.90 Å². The van der Waals surface area contributed by atoms with Crippen molar-refractivity contribution in [2.45, 2.75) is 52.2 Å². The summed E-state index contributed by atoms with van der Waals surface area (Å²) in [7, 11) is 0. The number of ether oxygens (including phenoxy) is 1. The molecule has 150 valence electrons. The molecule has 1 unspecified atom stereocenters. The third-order valence-electron chi connectivity index (χ3n) is 5.37. The van der Waals surface area contributed by atoms with Gasteiger partial charge in [0.15, 0.2) is 0 Å². The van der Waals surface area contributed by atoms with E-state index in [0.717, 1.165) is 51.1 Å². The molecule has 1 heterocycles. The molecule has 1 fully saturated rings. The number of rotatable bonds is 9. The van der Waals surface area contributed by atoms with Crippen LogP contribution in [0.4, 0.5) is 5.69 Å². The second-order valence-electron chi connectivity index (χ2n) is 7.50. The average Bonchev–Trinajstić information content (AvgIpc) is 3.21. The minimum absolute atomic E-state index is 0.0459. The Kier molecular flexibility index (Phi) is 7.63. The van der Waals surface area contributed by atoms with Gasteiger partial charge in [0, 0.05) is 25.4 Å². The van der Waals surface area contributed by atoms with E-state index >= 15 is 0 Å². The maximum Gasteiger partial charge on any atom is 0.238 e.